The van der Waals surface area contributed by atoms with Gasteiger partial charge in [-0.15, -0.1) is 0 Å². The Labute approximate surface area is 149 Å². The van der Waals surface area contributed by atoms with E-state index in [1.165, 1.54) is 0 Å². The summed E-state index contributed by atoms with van der Waals surface area (Å²) in [5, 5.41) is 9.72. The van der Waals surface area contributed by atoms with Crippen LogP contribution in [-0.4, -0.2) is 14.4 Å². The lowest BCUT2D eigenvalue weighted by molar-refractivity contribution is 0.149. The molecule has 5 nitrogen and oxygen atoms in total. The summed E-state index contributed by atoms with van der Waals surface area (Å²) in [6.07, 6.45) is 0. The lowest BCUT2D eigenvalue weighted by Crippen LogP contribution is -2.34. The number of nitriles is 1. The molecule has 0 aromatic heterocycles. The van der Waals surface area contributed by atoms with Gasteiger partial charge in [0.1, 0.15) is 11.4 Å². The van der Waals surface area contributed by atoms with Crippen molar-refractivity contribution in [3.8, 4) is 11.8 Å². The Morgan fingerprint density at radius 3 is 2.60 bits per heavy atom. The van der Waals surface area contributed by atoms with Crippen molar-refractivity contribution in [2.75, 3.05) is 0 Å². The Balaban J connectivity index is 2.14. The van der Waals surface area contributed by atoms with Crippen molar-refractivity contribution < 1.29 is 13.5 Å². The maximum absolute atomic E-state index is 10.8. The summed E-state index contributed by atoms with van der Waals surface area (Å²) in [7, 11) is 0. The van der Waals surface area contributed by atoms with Gasteiger partial charge in [0.15, 0.2) is 0 Å². The van der Waals surface area contributed by atoms with Gasteiger partial charge in [0, 0.05) is 17.7 Å². The summed E-state index contributed by atoms with van der Waals surface area (Å²) < 4.78 is 28.2. The van der Waals surface area contributed by atoms with Gasteiger partial charge >= 0.3 is 0 Å². The molecule has 2 aromatic carbocycles. The van der Waals surface area contributed by atoms with E-state index in [1.807, 2.05) is 62.4 Å². The fourth-order valence-corrected chi connectivity index (χ4v) is 3.26. The maximum atomic E-state index is 10.8. The molecule has 1 atom stereocenters. The molecular formula is C19H18N2O3S. The van der Waals surface area contributed by atoms with Gasteiger partial charge in [0.2, 0.25) is 11.3 Å². The van der Waals surface area contributed by atoms with Crippen molar-refractivity contribution in [3.63, 3.8) is 0 Å². The van der Waals surface area contributed by atoms with Crippen molar-refractivity contribution in [1.29, 1.82) is 5.26 Å². The van der Waals surface area contributed by atoms with Gasteiger partial charge in [-0.05, 0) is 31.0 Å². The largest absolute Gasteiger partial charge is 0.482 e. The summed E-state index contributed by atoms with van der Waals surface area (Å²) in [6.45, 7) is 3.98. The summed E-state index contributed by atoms with van der Waals surface area (Å²) in [6, 6.07) is 17.7. The van der Waals surface area contributed by atoms with Gasteiger partial charge in [-0.1, -0.05) is 42.5 Å². The number of nitrogens with zero attached hydrogens (tertiary/aromatic N) is 1. The van der Waals surface area contributed by atoms with Crippen LogP contribution in [0.4, 0.5) is 0 Å². The Morgan fingerprint density at radius 2 is 1.96 bits per heavy atom. The molecule has 1 aliphatic heterocycles. The molecule has 25 heavy (non-hydrogen) atoms. The molecule has 0 fully saturated rings. The van der Waals surface area contributed by atoms with Crippen molar-refractivity contribution in [1.82, 2.24) is 4.72 Å². The first-order chi connectivity index (χ1) is 11.9. The van der Waals surface area contributed by atoms with Crippen LogP contribution in [0.5, 0.6) is 5.75 Å². The predicted octanol–water partition coefficient (Wildman–Crippen LogP) is 3.41. The SMILES string of the molecule is CC1(C)Oc2cc(CNS(=O)O)ccc2C(c2ccccc2)=C1C#N. The zero-order valence-corrected chi connectivity index (χ0v) is 14.8. The summed E-state index contributed by atoms with van der Waals surface area (Å²) >= 11 is -2.07. The first-order valence-electron chi connectivity index (χ1n) is 7.79. The molecule has 1 unspecified atom stereocenters. The Bertz CT molecular complexity index is 899. The number of benzene rings is 2. The zero-order valence-electron chi connectivity index (χ0n) is 13.9. The average molecular weight is 354 g/mol. The Kier molecular flexibility index (Phi) is 4.73. The molecular weight excluding hydrogens is 336 g/mol. The van der Waals surface area contributed by atoms with Crippen LogP contribution in [0.25, 0.3) is 5.57 Å². The van der Waals surface area contributed by atoms with Crippen molar-refractivity contribution in [2.24, 2.45) is 0 Å². The minimum absolute atomic E-state index is 0.246. The van der Waals surface area contributed by atoms with E-state index in [0.717, 1.165) is 22.3 Å². The van der Waals surface area contributed by atoms with Gasteiger partial charge in [0.25, 0.3) is 0 Å². The van der Waals surface area contributed by atoms with E-state index >= 15 is 0 Å². The predicted molar refractivity (Wildman–Crippen MR) is 96.8 cm³/mol. The number of nitrogens with one attached hydrogen (secondary N) is 1. The molecule has 1 aliphatic rings. The van der Waals surface area contributed by atoms with E-state index in [9.17, 15) is 9.47 Å². The molecule has 2 N–H and O–H groups in total. The summed E-state index contributed by atoms with van der Waals surface area (Å²) in [5.74, 6) is 0.658. The Hall–Kier alpha value is -2.46. The zero-order chi connectivity index (χ0) is 18.0. The number of ether oxygens (including phenoxy) is 1. The fraction of sp³-hybridized carbons (Fsp3) is 0.211. The quantitative estimate of drug-likeness (QED) is 0.824. The van der Waals surface area contributed by atoms with E-state index in [4.69, 9.17) is 9.29 Å². The molecule has 1 heterocycles. The fourth-order valence-electron chi connectivity index (χ4n) is 2.97. The van der Waals surface area contributed by atoms with E-state index in [1.54, 1.807) is 0 Å². The second-order valence-electron chi connectivity index (χ2n) is 6.24. The normalized spacial score (nSPS) is 16.6. The van der Waals surface area contributed by atoms with Gasteiger partial charge in [-0.2, -0.15) is 5.26 Å². The number of hydrogen-bond acceptors (Lipinski definition) is 3. The first-order valence-corrected chi connectivity index (χ1v) is 8.90. The first kappa shape index (κ1) is 17.4. The lowest BCUT2D eigenvalue weighted by atomic mass is 9.83. The average Bonchev–Trinajstić information content (AvgIpc) is 2.58. The number of fused-ring (bicyclic) bond motifs is 1. The highest BCUT2D eigenvalue weighted by Crippen LogP contribution is 2.43. The van der Waals surface area contributed by atoms with Crippen LogP contribution in [0.3, 0.4) is 0 Å². The van der Waals surface area contributed by atoms with Gasteiger partial charge in [0.05, 0.1) is 11.6 Å². The monoisotopic (exact) mass is 354 g/mol. The molecule has 128 valence electrons. The second kappa shape index (κ2) is 6.81. The van der Waals surface area contributed by atoms with Crippen LogP contribution >= 0.6 is 0 Å². The standard InChI is InChI=1S/C19H18N2O3S/c1-19(2)16(11-20)18(14-6-4-3-5-7-14)15-9-8-13(10-17(15)24-19)12-21-25(22)23/h3-10,21H,12H2,1-2H3,(H,22,23). The molecule has 6 heteroatoms. The molecule has 3 rings (SSSR count). The third kappa shape index (κ3) is 3.49. The molecule has 0 radical (unpaired) electrons. The Morgan fingerprint density at radius 1 is 1.24 bits per heavy atom. The smallest absolute Gasteiger partial charge is 0.232 e. The minimum Gasteiger partial charge on any atom is -0.482 e. The summed E-state index contributed by atoms with van der Waals surface area (Å²) in [4.78, 5) is 0. The number of rotatable bonds is 4. The summed E-state index contributed by atoms with van der Waals surface area (Å²) in [5.41, 5.74) is 3.30. The second-order valence-corrected chi connectivity index (χ2v) is 7.03. The lowest BCUT2D eigenvalue weighted by Gasteiger charge is -2.34. The third-order valence-electron chi connectivity index (χ3n) is 4.11. The van der Waals surface area contributed by atoms with E-state index in [2.05, 4.69) is 10.8 Å². The molecule has 0 bridgehead atoms. The highest BCUT2D eigenvalue weighted by Gasteiger charge is 2.35. The van der Waals surface area contributed by atoms with Crippen LogP contribution in [-0.2, 0) is 17.8 Å². The molecule has 0 spiro atoms. The van der Waals surface area contributed by atoms with Gasteiger partial charge in [-0.25, -0.2) is 8.93 Å². The van der Waals surface area contributed by atoms with Crippen LogP contribution in [0.15, 0.2) is 54.1 Å². The van der Waals surface area contributed by atoms with Crippen LogP contribution in [0.2, 0.25) is 0 Å². The molecule has 0 saturated carbocycles. The highest BCUT2D eigenvalue weighted by molar-refractivity contribution is 7.77. The minimum atomic E-state index is -2.07. The molecule has 0 amide bonds. The van der Waals surface area contributed by atoms with E-state index < -0.39 is 16.9 Å². The number of hydrogen-bond donors (Lipinski definition) is 2. The van der Waals surface area contributed by atoms with Crippen molar-refractivity contribution >= 4 is 16.8 Å². The van der Waals surface area contributed by atoms with E-state index in [0.29, 0.717) is 11.3 Å². The van der Waals surface area contributed by atoms with E-state index in [-0.39, 0.29) is 6.54 Å². The molecule has 0 aliphatic carbocycles. The third-order valence-corrected chi connectivity index (χ3v) is 4.50. The highest BCUT2D eigenvalue weighted by atomic mass is 32.2. The molecule has 0 saturated heterocycles. The van der Waals surface area contributed by atoms with Crippen LogP contribution in [0, 0.1) is 11.3 Å². The molecule has 2 aromatic rings. The van der Waals surface area contributed by atoms with Gasteiger partial charge in [-0.3, -0.25) is 4.55 Å². The van der Waals surface area contributed by atoms with Crippen LogP contribution in [0.1, 0.15) is 30.5 Å². The topological polar surface area (TPSA) is 82.3 Å². The van der Waals surface area contributed by atoms with Crippen LogP contribution < -0.4 is 9.46 Å². The van der Waals surface area contributed by atoms with Crippen molar-refractivity contribution in [3.05, 3.63) is 70.8 Å². The maximum Gasteiger partial charge on any atom is 0.232 e. The van der Waals surface area contributed by atoms with Crippen molar-refractivity contribution in [2.45, 2.75) is 26.0 Å². The van der Waals surface area contributed by atoms with Gasteiger partial charge < -0.3 is 4.74 Å².